The lowest BCUT2D eigenvalue weighted by Gasteiger charge is -2.13. The van der Waals surface area contributed by atoms with Gasteiger partial charge in [0, 0.05) is 6.20 Å². The molecule has 1 atom stereocenters. The first-order chi connectivity index (χ1) is 14.3. The maximum Gasteiger partial charge on any atom is 0.347 e. The maximum atomic E-state index is 12.2. The molecule has 0 aliphatic carbocycles. The van der Waals surface area contributed by atoms with Crippen molar-refractivity contribution in [1.82, 2.24) is 15.5 Å². The van der Waals surface area contributed by atoms with Gasteiger partial charge in [0.25, 0.3) is 0 Å². The van der Waals surface area contributed by atoms with Crippen molar-refractivity contribution in [3.8, 4) is 0 Å². The normalized spacial score (nSPS) is 11.4. The minimum Gasteiger partial charge on any atom is -0.464 e. The summed E-state index contributed by atoms with van der Waals surface area (Å²) in [7, 11) is 0. The Kier molecular flexibility index (Phi) is 10.8. The molecule has 0 spiro atoms. The van der Waals surface area contributed by atoms with Crippen LogP contribution in [-0.4, -0.2) is 60.2 Å². The number of nitrogens with zero attached hydrogens (tertiary/aromatic N) is 3. The van der Waals surface area contributed by atoms with Gasteiger partial charge in [-0.2, -0.15) is 5.10 Å². The van der Waals surface area contributed by atoms with Gasteiger partial charge in [0.15, 0.2) is 22.6 Å². The molecule has 0 radical (unpaired) electrons. The van der Waals surface area contributed by atoms with E-state index < -0.39 is 29.5 Å². The molecule has 0 bridgehead atoms. The number of nitrogens with one attached hydrogen (secondary N) is 2. The Morgan fingerprint density at radius 1 is 1.10 bits per heavy atom. The fraction of sp³-hybridized carbons (Fsp3) is 0.444. The Labute approximate surface area is 178 Å². The van der Waals surface area contributed by atoms with E-state index in [0.29, 0.717) is 11.4 Å². The summed E-state index contributed by atoms with van der Waals surface area (Å²) >= 11 is 5.82. The van der Waals surface area contributed by atoms with E-state index in [1.165, 1.54) is 6.21 Å². The zero-order valence-corrected chi connectivity index (χ0v) is 17.9. The third kappa shape index (κ3) is 8.03. The molecule has 1 heterocycles. The van der Waals surface area contributed by atoms with E-state index in [9.17, 15) is 14.4 Å². The molecule has 0 amide bonds. The predicted molar refractivity (Wildman–Crippen MR) is 109 cm³/mol. The third-order valence-electron chi connectivity index (χ3n) is 3.27. The number of rotatable bonds is 11. The highest BCUT2D eigenvalue weighted by Crippen LogP contribution is 2.13. The minimum absolute atomic E-state index is 0.0593. The molecule has 0 fully saturated rings. The van der Waals surface area contributed by atoms with Crippen LogP contribution in [0.2, 0.25) is 5.15 Å². The van der Waals surface area contributed by atoms with Crippen molar-refractivity contribution >= 4 is 41.5 Å². The van der Waals surface area contributed by atoms with Crippen molar-refractivity contribution in [2.45, 2.75) is 33.7 Å². The molecule has 2 N–H and O–H groups in total. The van der Waals surface area contributed by atoms with E-state index in [2.05, 4.69) is 26.0 Å². The Morgan fingerprint density at radius 2 is 1.70 bits per heavy atom. The number of carbonyl (C=O) groups excluding carboxylic acids is 3. The van der Waals surface area contributed by atoms with Crippen LogP contribution in [0.25, 0.3) is 0 Å². The second kappa shape index (κ2) is 13.1. The summed E-state index contributed by atoms with van der Waals surface area (Å²) in [6.45, 7) is 6.80. The highest BCUT2D eigenvalue weighted by atomic mass is 35.5. The van der Waals surface area contributed by atoms with Gasteiger partial charge in [-0.15, -0.1) is 10.2 Å². The topological polar surface area (TPSA) is 141 Å². The van der Waals surface area contributed by atoms with Gasteiger partial charge < -0.3 is 19.5 Å². The van der Waals surface area contributed by atoms with Crippen LogP contribution in [0.3, 0.4) is 0 Å². The van der Waals surface area contributed by atoms with Crippen LogP contribution in [0, 0.1) is 6.92 Å². The zero-order valence-electron chi connectivity index (χ0n) is 17.1. The van der Waals surface area contributed by atoms with Gasteiger partial charge in [-0.05, 0) is 39.3 Å². The molecule has 30 heavy (non-hydrogen) atoms. The van der Waals surface area contributed by atoms with Crippen LogP contribution in [0.5, 0.6) is 0 Å². The molecule has 1 aromatic rings. The molecule has 164 valence electrons. The SMILES string of the molecule is CCOC(=O)C(=CNC(/C=N/Nc1cc(C)c(Cl)nn1)C(=O)OCC)C(=O)OCC. The largest absolute Gasteiger partial charge is 0.464 e. The molecule has 0 aliphatic heterocycles. The van der Waals surface area contributed by atoms with Crippen molar-refractivity contribution < 1.29 is 28.6 Å². The maximum absolute atomic E-state index is 12.2. The lowest BCUT2D eigenvalue weighted by Crippen LogP contribution is -2.37. The number of hydrogen-bond acceptors (Lipinski definition) is 11. The first-order valence-electron chi connectivity index (χ1n) is 9.10. The molecular weight excluding hydrogens is 418 g/mol. The lowest BCUT2D eigenvalue weighted by molar-refractivity contribution is -0.147. The highest BCUT2D eigenvalue weighted by molar-refractivity contribution is 6.30. The van der Waals surface area contributed by atoms with E-state index in [0.717, 1.165) is 6.20 Å². The van der Waals surface area contributed by atoms with Crippen LogP contribution in [0.4, 0.5) is 5.82 Å². The quantitative estimate of drug-likeness (QED) is 0.0982. The second-order valence-corrected chi connectivity index (χ2v) is 5.85. The van der Waals surface area contributed by atoms with Gasteiger partial charge in [-0.25, -0.2) is 14.4 Å². The van der Waals surface area contributed by atoms with Crippen LogP contribution in [0.1, 0.15) is 26.3 Å². The van der Waals surface area contributed by atoms with Crippen LogP contribution >= 0.6 is 11.6 Å². The Bertz CT molecular complexity index is 794. The predicted octanol–water partition coefficient (Wildman–Crippen LogP) is 1.37. The standard InChI is InChI=1S/C18H24ClN5O6/c1-5-28-16(25)12(17(26)29-6-2)9-20-13(18(27)30-7-3)10-21-22-14-8-11(4)15(19)24-23-14/h8-10,13,20H,5-7H2,1-4H3,(H,22,23)/b21-10+. The molecule has 1 unspecified atom stereocenters. The molecule has 11 nitrogen and oxygen atoms in total. The fourth-order valence-electron chi connectivity index (χ4n) is 1.90. The monoisotopic (exact) mass is 441 g/mol. The molecule has 0 aliphatic rings. The van der Waals surface area contributed by atoms with Crippen LogP contribution < -0.4 is 10.7 Å². The fourth-order valence-corrected chi connectivity index (χ4v) is 1.99. The smallest absolute Gasteiger partial charge is 0.347 e. The highest BCUT2D eigenvalue weighted by Gasteiger charge is 2.23. The summed E-state index contributed by atoms with van der Waals surface area (Å²) in [4.78, 5) is 36.2. The lowest BCUT2D eigenvalue weighted by atomic mass is 10.2. The van der Waals surface area contributed by atoms with Crippen molar-refractivity contribution in [1.29, 1.82) is 0 Å². The Hall–Kier alpha value is -3.21. The summed E-state index contributed by atoms with van der Waals surface area (Å²) in [5.74, 6) is -2.18. The van der Waals surface area contributed by atoms with Crippen molar-refractivity contribution in [2.24, 2.45) is 5.10 Å². The molecule has 0 saturated heterocycles. The van der Waals surface area contributed by atoms with E-state index in [4.69, 9.17) is 25.8 Å². The number of halogens is 1. The van der Waals surface area contributed by atoms with Gasteiger partial charge in [-0.3, -0.25) is 5.43 Å². The number of aryl methyl sites for hydroxylation is 1. The molecular formula is C18H24ClN5O6. The average Bonchev–Trinajstić information content (AvgIpc) is 2.70. The summed E-state index contributed by atoms with van der Waals surface area (Å²) in [6.07, 6.45) is 2.20. The number of aromatic nitrogens is 2. The van der Waals surface area contributed by atoms with Crippen LogP contribution in [0.15, 0.2) is 22.9 Å². The van der Waals surface area contributed by atoms with E-state index in [-0.39, 0.29) is 25.0 Å². The molecule has 12 heteroatoms. The van der Waals surface area contributed by atoms with Gasteiger partial charge in [0.05, 0.1) is 26.0 Å². The zero-order chi connectivity index (χ0) is 22.5. The minimum atomic E-state index is -1.13. The molecule has 1 aromatic heterocycles. The number of esters is 3. The van der Waals surface area contributed by atoms with E-state index >= 15 is 0 Å². The Balaban J connectivity index is 3.00. The molecule has 0 aromatic carbocycles. The van der Waals surface area contributed by atoms with E-state index in [1.54, 1.807) is 33.8 Å². The summed E-state index contributed by atoms with van der Waals surface area (Å²) < 4.78 is 14.6. The average molecular weight is 442 g/mol. The first-order valence-corrected chi connectivity index (χ1v) is 9.47. The van der Waals surface area contributed by atoms with Crippen molar-refractivity contribution in [2.75, 3.05) is 25.2 Å². The molecule has 0 saturated carbocycles. The molecule has 1 rings (SSSR count). The first kappa shape index (κ1) is 24.8. The van der Waals surface area contributed by atoms with E-state index in [1.807, 2.05) is 0 Å². The Morgan fingerprint density at radius 3 is 2.23 bits per heavy atom. The van der Waals surface area contributed by atoms with Gasteiger partial charge in [-0.1, -0.05) is 11.6 Å². The summed E-state index contributed by atoms with van der Waals surface area (Å²) in [5.41, 5.74) is 2.87. The number of carbonyl (C=O) groups is 3. The number of hydrazone groups is 1. The third-order valence-corrected chi connectivity index (χ3v) is 3.64. The number of hydrogen-bond donors (Lipinski definition) is 2. The van der Waals surface area contributed by atoms with Gasteiger partial charge in [0.2, 0.25) is 0 Å². The number of anilines is 1. The van der Waals surface area contributed by atoms with Gasteiger partial charge in [0.1, 0.15) is 0 Å². The van der Waals surface area contributed by atoms with Crippen LogP contribution in [-0.2, 0) is 28.6 Å². The summed E-state index contributed by atoms with van der Waals surface area (Å²) in [5, 5.41) is 14.3. The summed E-state index contributed by atoms with van der Waals surface area (Å²) in [6, 6.07) is 0.483. The number of ether oxygens (including phenoxy) is 3. The van der Waals surface area contributed by atoms with Gasteiger partial charge >= 0.3 is 17.9 Å². The second-order valence-electron chi connectivity index (χ2n) is 5.49. The van der Waals surface area contributed by atoms with Crippen molar-refractivity contribution in [3.63, 3.8) is 0 Å². The van der Waals surface area contributed by atoms with Crippen molar-refractivity contribution in [3.05, 3.63) is 28.6 Å².